The molecule has 2 N–H and O–H groups in total. The fourth-order valence-corrected chi connectivity index (χ4v) is 2.81. The van der Waals surface area contributed by atoms with E-state index in [4.69, 9.17) is 5.73 Å². The maximum atomic E-state index is 5.95. The van der Waals surface area contributed by atoms with Gasteiger partial charge in [-0.15, -0.1) is 0 Å². The summed E-state index contributed by atoms with van der Waals surface area (Å²) < 4.78 is 0. The Labute approximate surface area is 110 Å². The normalized spacial score (nSPS) is 20.8. The quantitative estimate of drug-likeness (QED) is 0.893. The average molecular weight is 248 g/mol. The van der Waals surface area contributed by atoms with Crippen LogP contribution in [0.25, 0.3) is 0 Å². The van der Waals surface area contributed by atoms with E-state index in [0.29, 0.717) is 5.82 Å². The van der Waals surface area contributed by atoms with Crippen molar-refractivity contribution in [1.29, 1.82) is 0 Å². The number of nitrogens with zero attached hydrogens (tertiary/aromatic N) is 3. The van der Waals surface area contributed by atoms with Crippen molar-refractivity contribution >= 4 is 11.6 Å². The van der Waals surface area contributed by atoms with E-state index in [1.54, 1.807) is 6.33 Å². The molecule has 4 heteroatoms. The summed E-state index contributed by atoms with van der Waals surface area (Å²) in [5.74, 6) is 2.57. The van der Waals surface area contributed by atoms with Gasteiger partial charge in [0.15, 0.2) is 0 Å². The Hall–Kier alpha value is -1.32. The molecule has 0 bridgehead atoms. The van der Waals surface area contributed by atoms with Crippen LogP contribution in [-0.2, 0) is 6.42 Å². The number of hydrogen-bond acceptors (Lipinski definition) is 4. The molecule has 4 nitrogen and oxygen atoms in total. The van der Waals surface area contributed by atoms with Gasteiger partial charge >= 0.3 is 0 Å². The minimum absolute atomic E-state index is 0.638. The molecule has 0 radical (unpaired) electrons. The molecule has 1 fully saturated rings. The van der Waals surface area contributed by atoms with Gasteiger partial charge < -0.3 is 10.6 Å². The Kier molecular flexibility index (Phi) is 4.39. The third-order valence-electron chi connectivity index (χ3n) is 4.03. The molecule has 1 aromatic heterocycles. The van der Waals surface area contributed by atoms with Gasteiger partial charge in [0, 0.05) is 18.7 Å². The summed E-state index contributed by atoms with van der Waals surface area (Å²) >= 11 is 0. The highest BCUT2D eigenvalue weighted by Crippen LogP contribution is 2.27. The third kappa shape index (κ3) is 2.74. The molecular formula is C14H24N4. The fraction of sp³-hybridized carbons (Fsp3) is 0.714. The van der Waals surface area contributed by atoms with Crippen LogP contribution in [0.15, 0.2) is 6.33 Å². The van der Waals surface area contributed by atoms with Crippen LogP contribution in [0, 0.1) is 5.92 Å². The van der Waals surface area contributed by atoms with E-state index in [2.05, 4.69) is 28.7 Å². The molecule has 0 aromatic carbocycles. The van der Waals surface area contributed by atoms with Gasteiger partial charge in [0.25, 0.3) is 0 Å². The lowest BCUT2D eigenvalue weighted by atomic mass is 9.98. The number of anilines is 2. The molecule has 1 atom stereocenters. The highest BCUT2D eigenvalue weighted by molar-refractivity contribution is 5.56. The van der Waals surface area contributed by atoms with Gasteiger partial charge in [-0.25, -0.2) is 9.97 Å². The molecule has 0 amide bonds. The lowest BCUT2D eigenvalue weighted by Gasteiger charge is -2.24. The van der Waals surface area contributed by atoms with Crippen molar-refractivity contribution in [3.63, 3.8) is 0 Å². The van der Waals surface area contributed by atoms with Crippen LogP contribution in [0.2, 0.25) is 0 Å². The second-order valence-electron chi connectivity index (χ2n) is 5.11. The van der Waals surface area contributed by atoms with Gasteiger partial charge in [-0.2, -0.15) is 0 Å². The monoisotopic (exact) mass is 248 g/mol. The predicted octanol–water partition coefficient (Wildman–Crippen LogP) is 2.64. The van der Waals surface area contributed by atoms with E-state index < -0.39 is 0 Å². The van der Waals surface area contributed by atoms with Crippen LogP contribution in [-0.4, -0.2) is 23.1 Å². The van der Waals surface area contributed by atoms with Gasteiger partial charge in [0.05, 0.1) is 0 Å². The second-order valence-corrected chi connectivity index (χ2v) is 5.11. The molecule has 2 rings (SSSR count). The number of nitrogens with two attached hydrogens (primary N) is 1. The van der Waals surface area contributed by atoms with Crippen molar-refractivity contribution in [3.05, 3.63) is 11.9 Å². The van der Waals surface area contributed by atoms with Crippen LogP contribution in [0.4, 0.5) is 11.6 Å². The Morgan fingerprint density at radius 1 is 1.28 bits per heavy atom. The van der Waals surface area contributed by atoms with Gasteiger partial charge in [0.1, 0.15) is 18.0 Å². The van der Waals surface area contributed by atoms with Crippen molar-refractivity contribution in [2.75, 3.05) is 23.7 Å². The van der Waals surface area contributed by atoms with E-state index in [-0.39, 0.29) is 0 Å². The summed E-state index contributed by atoms with van der Waals surface area (Å²) in [6, 6.07) is 0. The topological polar surface area (TPSA) is 55.0 Å². The van der Waals surface area contributed by atoms with Gasteiger partial charge in [0.2, 0.25) is 0 Å². The van der Waals surface area contributed by atoms with E-state index in [9.17, 15) is 0 Å². The van der Waals surface area contributed by atoms with E-state index in [1.807, 2.05) is 0 Å². The minimum atomic E-state index is 0.638. The van der Waals surface area contributed by atoms with Crippen LogP contribution in [0.1, 0.15) is 45.1 Å². The molecule has 1 aromatic rings. The molecule has 0 saturated carbocycles. The molecule has 1 aliphatic heterocycles. The fourth-order valence-electron chi connectivity index (χ4n) is 2.81. The Bertz CT molecular complexity index is 391. The summed E-state index contributed by atoms with van der Waals surface area (Å²) in [4.78, 5) is 11.0. The molecule has 1 aliphatic rings. The summed E-state index contributed by atoms with van der Waals surface area (Å²) in [7, 11) is 0. The van der Waals surface area contributed by atoms with Crippen LogP contribution < -0.4 is 10.6 Å². The predicted molar refractivity (Wildman–Crippen MR) is 75.7 cm³/mol. The smallest absolute Gasteiger partial charge is 0.137 e. The van der Waals surface area contributed by atoms with E-state index in [1.165, 1.54) is 25.7 Å². The zero-order valence-corrected chi connectivity index (χ0v) is 11.5. The van der Waals surface area contributed by atoms with Crippen LogP contribution in [0.5, 0.6) is 0 Å². The summed E-state index contributed by atoms with van der Waals surface area (Å²) in [5, 5.41) is 0. The maximum absolute atomic E-state index is 5.95. The summed E-state index contributed by atoms with van der Waals surface area (Å²) in [6.07, 6.45) is 7.65. The summed E-state index contributed by atoms with van der Waals surface area (Å²) in [6.45, 7) is 6.60. The number of rotatable bonds is 3. The van der Waals surface area contributed by atoms with E-state index in [0.717, 1.165) is 36.8 Å². The third-order valence-corrected chi connectivity index (χ3v) is 4.03. The largest absolute Gasteiger partial charge is 0.383 e. The van der Waals surface area contributed by atoms with Crippen LogP contribution in [0.3, 0.4) is 0 Å². The minimum Gasteiger partial charge on any atom is -0.383 e. The van der Waals surface area contributed by atoms with Crippen LogP contribution >= 0.6 is 0 Å². The lowest BCUT2D eigenvalue weighted by Crippen LogP contribution is -2.27. The highest BCUT2D eigenvalue weighted by atomic mass is 15.2. The van der Waals surface area contributed by atoms with E-state index >= 15 is 0 Å². The van der Waals surface area contributed by atoms with Crippen molar-refractivity contribution < 1.29 is 0 Å². The highest BCUT2D eigenvalue weighted by Gasteiger charge is 2.19. The number of nitrogen functional groups attached to an aromatic ring is 1. The standard InChI is InChI=1S/C14H24N4/c1-3-11-6-5-8-18(9-7-11)14-12(4-2)13(15)16-10-17-14/h10-11H,3-9H2,1-2H3,(H2,15,16,17). The molecule has 18 heavy (non-hydrogen) atoms. The van der Waals surface area contributed by atoms with Crippen molar-refractivity contribution in [2.45, 2.75) is 46.0 Å². The average Bonchev–Trinajstić information content (AvgIpc) is 2.63. The zero-order valence-electron chi connectivity index (χ0n) is 11.5. The first-order chi connectivity index (χ1) is 8.76. The molecule has 2 heterocycles. The first kappa shape index (κ1) is 13.1. The molecular weight excluding hydrogens is 224 g/mol. The Morgan fingerprint density at radius 3 is 2.83 bits per heavy atom. The van der Waals surface area contributed by atoms with Gasteiger partial charge in [-0.05, 0) is 31.6 Å². The van der Waals surface area contributed by atoms with Gasteiger partial charge in [-0.3, -0.25) is 0 Å². The number of hydrogen-bond donors (Lipinski definition) is 1. The molecule has 0 spiro atoms. The Balaban J connectivity index is 2.18. The zero-order chi connectivity index (χ0) is 13.0. The lowest BCUT2D eigenvalue weighted by molar-refractivity contribution is 0.459. The molecule has 1 unspecified atom stereocenters. The van der Waals surface area contributed by atoms with Crippen molar-refractivity contribution in [1.82, 2.24) is 9.97 Å². The first-order valence-electron chi connectivity index (χ1n) is 7.10. The molecule has 100 valence electrons. The van der Waals surface area contributed by atoms with Gasteiger partial charge in [-0.1, -0.05) is 20.3 Å². The Morgan fingerprint density at radius 2 is 2.11 bits per heavy atom. The summed E-state index contributed by atoms with van der Waals surface area (Å²) in [5.41, 5.74) is 7.06. The molecule has 0 aliphatic carbocycles. The first-order valence-corrected chi connectivity index (χ1v) is 7.10. The van der Waals surface area contributed by atoms with Crippen molar-refractivity contribution in [3.8, 4) is 0 Å². The number of aromatic nitrogens is 2. The maximum Gasteiger partial charge on any atom is 0.137 e. The second kappa shape index (κ2) is 6.03. The van der Waals surface area contributed by atoms with Crippen molar-refractivity contribution in [2.24, 2.45) is 5.92 Å². The molecule has 1 saturated heterocycles. The SMILES string of the molecule is CCc1c(N)ncnc1N1CCCC(CC)CC1.